The van der Waals surface area contributed by atoms with Gasteiger partial charge < -0.3 is 10.1 Å². The highest BCUT2D eigenvalue weighted by molar-refractivity contribution is 9.10. The number of hydrogen-bond donors (Lipinski definition) is 1. The topological polar surface area (TPSA) is 38.3 Å². The first-order chi connectivity index (χ1) is 8.06. The van der Waals surface area contributed by atoms with Crippen LogP contribution in [0.15, 0.2) is 22.7 Å². The number of alkyl halides is 1. The third-order valence-corrected chi connectivity index (χ3v) is 2.96. The van der Waals surface area contributed by atoms with Crippen LogP contribution >= 0.6 is 27.5 Å². The Bertz CT molecular complexity index is 383. The van der Waals surface area contributed by atoms with Gasteiger partial charge in [-0.1, -0.05) is 6.07 Å². The van der Waals surface area contributed by atoms with Crippen molar-refractivity contribution in [2.75, 3.05) is 20.3 Å². The van der Waals surface area contributed by atoms with E-state index in [-0.39, 0.29) is 17.5 Å². The van der Waals surface area contributed by atoms with Crippen LogP contribution in [0, 0.1) is 5.82 Å². The van der Waals surface area contributed by atoms with E-state index in [4.69, 9.17) is 16.3 Å². The van der Waals surface area contributed by atoms with Gasteiger partial charge in [-0.05, 0) is 28.1 Å². The molecule has 0 aliphatic carbocycles. The standard InChI is InChI=1S/C11H12BrClFNO2/c1-17-6-7(13)5-15-11(16)10-8(12)3-2-4-9(10)14/h2-4,7H,5-6H2,1H3,(H,15,16). The second-order valence-corrected chi connectivity index (χ2v) is 4.83. The van der Waals surface area contributed by atoms with Crippen LogP contribution in [-0.2, 0) is 4.74 Å². The molecule has 1 amide bonds. The third-order valence-electron chi connectivity index (χ3n) is 2.02. The van der Waals surface area contributed by atoms with E-state index < -0.39 is 11.7 Å². The molecule has 3 nitrogen and oxygen atoms in total. The summed E-state index contributed by atoms with van der Waals surface area (Å²) in [7, 11) is 1.52. The van der Waals surface area contributed by atoms with Gasteiger partial charge >= 0.3 is 0 Å². The molecule has 0 fully saturated rings. The fourth-order valence-electron chi connectivity index (χ4n) is 1.25. The molecule has 0 saturated carbocycles. The molecule has 17 heavy (non-hydrogen) atoms. The molecule has 1 aromatic rings. The van der Waals surface area contributed by atoms with E-state index in [1.54, 1.807) is 6.07 Å². The summed E-state index contributed by atoms with van der Waals surface area (Å²) in [6, 6.07) is 4.35. The van der Waals surface area contributed by atoms with Gasteiger partial charge in [0.05, 0.1) is 17.5 Å². The number of nitrogens with one attached hydrogen (secondary N) is 1. The molecule has 6 heteroatoms. The molecule has 0 spiro atoms. The van der Waals surface area contributed by atoms with Crippen molar-refractivity contribution in [2.24, 2.45) is 0 Å². The first kappa shape index (κ1) is 14.4. The first-order valence-electron chi connectivity index (χ1n) is 4.91. The molecule has 1 aromatic carbocycles. The summed E-state index contributed by atoms with van der Waals surface area (Å²) in [6.07, 6.45) is 0. The van der Waals surface area contributed by atoms with Crippen molar-refractivity contribution in [3.05, 3.63) is 34.1 Å². The summed E-state index contributed by atoms with van der Waals surface area (Å²) in [4.78, 5) is 11.7. The van der Waals surface area contributed by atoms with Gasteiger partial charge in [0.15, 0.2) is 0 Å². The minimum absolute atomic E-state index is 0.0196. The maximum Gasteiger partial charge on any atom is 0.255 e. The lowest BCUT2D eigenvalue weighted by Crippen LogP contribution is -2.32. The van der Waals surface area contributed by atoms with Gasteiger partial charge in [-0.15, -0.1) is 11.6 Å². The smallest absolute Gasteiger partial charge is 0.255 e. The van der Waals surface area contributed by atoms with Crippen molar-refractivity contribution in [2.45, 2.75) is 5.38 Å². The Morgan fingerprint density at radius 1 is 1.65 bits per heavy atom. The lowest BCUT2D eigenvalue weighted by Gasteiger charge is -2.11. The van der Waals surface area contributed by atoms with E-state index in [9.17, 15) is 9.18 Å². The molecule has 1 rings (SSSR count). The van der Waals surface area contributed by atoms with Gasteiger partial charge in [-0.2, -0.15) is 0 Å². The summed E-state index contributed by atoms with van der Waals surface area (Å²) >= 11 is 8.97. The Labute approximate surface area is 112 Å². The Balaban J connectivity index is 2.64. The van der Waals surface area contributed by atoms with Gasteiger partial charge in [0.2, 0.25) is 0 Å². The van der Waals surface area contributed by atoms with Gasteiger partial charge in [-0.25, -0.2) is 4.39 Å². The van der Waals surface area contributed by atoms with Gasteiger partial charge in [0, 0.05) is 18.1 Å². The predicted molar refractivity (Wildman–Crippen MR) is 68.0 cm³/mol. The molecule has 0 radical (unpaired) electrons. The summed E-state index contributed by atoms with van der Waals surface area (Å²) in [5.74, 6) is -1.08. The summed E-state index contributed by atoms with van der Waals surface area (Å²) in [5, 5.41) is 2.21. The maximum absolute atomic E-state index is 13.4. The highest BCUT2D eigenvalue weighted by Crippen LogP contribution is 2.19. The van der Waals surface area contributed by atoms with Crippen LogP contribution in [0.25, 0.3) is 0 Å². The van der Waals surface area contributed by atoms with Crippen molar-refractivity contribution in [3.8, 4) is 0 Å². The van der Waals surface area contributed by atoms with E-state index in [0.29, 0.717) is 11.1 Å². The summed E-state index contributed by atoms with van der Waals surface area (Å²) in [6.45, 7) is 0.537. The highest BCUT2D eigenvalue weighted by atomic mass is 79.9. The van der Waals surface area contributed by atoms with Crippen molar-refractivity contribution in [1.82, 2.24) is 5.32 Å². The normalized spacial score (nSPS) is 12.2. The number of hydrogen-bond acceptors (Lipinski definition) is 2. The van der Waals surface area contributed by atoms with E-state index in [1.807, 2.05) is 0 Å². The molecular formula is C11H12BrClFNO2. The number of methoxy groups -OCH3 is 1. The number of rotatable bonds is 5. The Hall–Kier alpha value is -0.650. The van der Waals surface area contributed by atoms with E-state index >= 15 is 0 Å². The molecular weight excluding hydrogens is 312 g/mol. The predicted octanol–water partition coefficient (Wildman–Crippen LogP) is 2.57. The van der Waals surface area contributed by atoms with Crippen LogP contribution in [-0.4, -0.2) is 31.5 Å². The fraction of sp³-hybridized carbons (Fsp3) is 0.364. The molecule has 0 bridgehead atoms. The lowest BCUT2D eigenvalue weighted by molar-refractivity contribution is 0.0944. The number of carbonyl (C=O) groups is 1. The van der Waals surface area contributed by atoms with E-state index in [2.05, 4.69) is 21.2 Å². The number of halogens is 3. The largest absolute Gasteiger partial charge is 0.383 e. The fourth-order valence-corrected chi connectivity index (χ4v) is 1.97. The van der Waals surface area contributed by atoms with Gasteiger partial charge in [0.1, 0.15) is 5.82 Å². The molecule has 0 aliphatic heterocycles. The molecule has 1 N–H and O–H groups in total. The minimum atomic E-state index is -0.574. The first-order valence-corrected chi connectivity index (χ1v) is 6.14. The van der Waals surface area contributed by atoms with Crippen molar-refractivity contribution < 1.29 is 13.9 Å². The van der Waals surface area contributed by atoms with Crippen molar-refractivity contribution in [1.29, 1.82) is 0 Å². The molecule has 94 valence electrons. The van der Waals surface area contributed by atoms with Crippen molar-refractivity contribution >= 4 is 33.4 Å². The number of ether oxygens (including phenoxy) is 1. The zero-order chi connectivity index (χ0) is 12.8. The molecule has 0 aliphatic rings. The number of amides is 1. The zero-order valence-corrected chi connectivity index (χ0v) is 11.5. The van der Waals surface area contributed by atoms with Crippen LogP contribution < -0.4 is 5.32 Å². The number of carbonyl (C=O) groups excluding carboxylic acids is 1. The third kappa shape index (κ3) is 4.26. The average molecular weight is 325 g/mol. The quantitative estimate of drug-likeness (QED) is 0.846. The molecule has 0 aromatic heterocycles. The van der Waals surface area contributed by atoms with Gasteiger partial charge in [-0.3, -0.25) is 4.79 Å². The molecule has 1 atom stereocenters. The second-order valence-electron chi connectivity index (χ2n) is 3.36. The van der Waals surface area contributed by atoms with Crippen molar-refractivity contribution in [3.63, 3.8) is 0 Å². The van der Waals surface area contributed by atoms with Crippen LogP contribution in [0.1, 0.15) is 10.4 Å². The monoisotopic (exact) mass is 323 g/mol. The number of benzene rings is 1. The molecule has 0 saturated heterocycles. The Kier molecular flexibility index (Phi) is 5.88. The highest BCUT2D eigenvalue weighted by Gasteiger charge is 2.16. The van der Waals surface area contributed by atoms with Crippen LogP contribution in [0.2, 0.25) is 0 Å². The van der Waals surface area contributed by atoms with Gasteiger partial charge in [0.25, 0.3) is 5.91 Å². The van der Waals surface area contributed by atoms with Crippen LogP contribution in [0.3, 0.4) is 0 Å². The minimum Gasteiger partial charge on any atom is -0.383 e. The Morgan fingerprint density at radius 3 is 2.94 bits per heavy atom. The summed E-state index contributed by atoms with van der Waals surface area (Å²) in [5.41, 5.74) is -0.0196. The Morgan fingerprint density at radius 2 is 2.35 bits per heavy atom. The summed E-state index contributed by atoms with van der Waals surface area (Å²) < 4.78 is 18.7. The second kappa shape index (κ2) is 6.93. The van der Waals surface area contributed by atoms with E-state index in [1.165, 1.54) is 19.2 Å². The van der Waals surface area contributed by atoms with E-state index in [0.717, 1.165) is 0 Å². The lowest BCUT2D eigenvalue weighted by atomic mass is 10.2. The SMILES string of the molecule is COCC(Cl)CNC(=O)c1c(F)cccc1Br. The molecule has 1 unspecified atom stereocenters. The molecule has 0 heterocycles. The van der Waals surface area contributed by atoms with Crippen LogP contribution in [0.4, 0.5) is 4.39 Å². The zero-order valence-electron chi connectivity index (χ0n) is 9.17. The average Bonchev–Trinajstić information content (AvgIpc) is 2.26. The van der Waals surface area contributed by atoms with Crippen LogP contribution in [0.5, 0.6) is 0 Å². The maximum atomic E-state index is 13.4.